The van der Waals surface area contributed by atoms with Crippen molar-refractivity contribution in [3.05, 3.63) is 71.3 Å². The average molecular weight is 843 g/mol. The van der Waals surface area contributed by atoms with Gasteiger partial charge < -0.3 is 37.3 Å². The van der Waals surface area contributed by atoms with Gasteiger partial charge in [-0.25, -0.2) is 0 Å². The SMILES string of the molecule is COc1ccc(COC[C@H](C)[C@H](O[Si](C)(C)C(C)(C)C)[C@@H](C)/C=C(/C)C[C@H](C)[C@@H](O[Si](C)(C)C(C)(C)C)[C@H](C)[C@H]2O[C@@H](OCc3ccc(OC)cc3)OC[C@@H]2C)cc1. The molecule has 1 aliphatic heterocycles. The summed E-state index contributed by atoms with van der Waals surface area (Å²) in [5, 5.41) is 0.158. The van der Waals surface area contributed by atoms with Gasteiger partial charge in [0.2, 0.25) is 0 Å². The zero-order valence-corrected chi connectivity index (χ0v) is 41.7. The van der Waals surface area contributed by atoms with Gasteiger partial charge in [-0.3, -0.25) is 0 Å². The van der Waals surface area contributed by atoms with Gasteiger partial charge in [-0.15, -0.1) is 0 Å². The molecule has 330 valence electrons. The van der Waals surface area contributed by atoms with Crippen LogP contribution in [0.25, 0.3) is 0 Å². The third kappa shape index (κ3) is 14.6. The Morgan fingerprint density at radius 2 is 1.22 bits per heavy atom. The first-order valence-corrected chi connectivity index (χ1v) is 27.5. The summed E-state index contributed by atoms with van der Waals surface area (Å²) in [6.07, 6.45) is 3.29. The fourth-order valence-corrected chi connectivity index (χ4v) is 10.3. The first-order valence-electron chi connectivity index (χ1n) is 21.6. The molecule has 3 rings (SSSR count). The second-order valence-corrected chi connectivity index (χ2v) is 29.8. The van der Waals surface area contributed by atoms with Gasteiger partial charge in [0.05, 0.1) is 59.0 Å². The van der Waals surface area contributed by atoms with Gasteiger partial charge in [-0.2, -0.15) is 0 Å². The highest BCUT2D eigenvalue weighted by Gasteiger charge is 2.45. The van der Waals surface area contributed by atoms with Gasteiger partial charge in [0.25, 0.3) is 6.48 Å². The van der Waals surface area contributed by atoms with Gasteiger partial charge in [-0.05, 0) is 96.8 Å². The van der Waals surface area contributed by atoms with E-state index in [1.54, 1.807) is 14.2 Å². The molecule has 0 saturated carbocycles. The summed E-state index contributed by atoms with van der Waals surface area (Å²) >= 11 is 0. The van der Waals surface area contributed by atoms with E-state index in [4.69, 9.17) is 37.3 Å². The van der Waals surface area contributed by atoms with Gasteiger partial charge >= 0.3 is 0 Å². The highest BCUT2D eigenvalue weighted by Crippen LogP contribution is 2.43. The second kappa shape index (κ2) is 21.7. The summed E-state index contributed by atoms with van der Waals surface area (Å²) in [5.74, 6) is 2.60. The van der Waals surface area contributed by atoms with E-state index in [0.29, 0.717) is 26.4 Å². The van der Waals surface area contributed by atoms with Crippen LogP contribution in [0.3, 0.4) is 0 Å². The van der Waals surface area contributed by atoms with Crippen molar-refractivity contribution >= 4 is 16.6 Å². The van der Waals surface area contributed by atoms with Crippen molar-refractivity contribution in [2.75, 3.05) is 27.4 Å². The number of methoxy groups -OCH3 is 2. The zero-order chi connectivity index (χ0) is 43.6. The molecule has 58 heavy (non-hydrogen) atoms. The van der Waals surface area contributed by atoms with Crippen LogP contribution in [0.2, 0.25) is 36.3 Å². The molecule has 0 unspecified atom stereocenters. The lowest BCUT2D eigenvalue weighted by molar-refractivity contribution is -0.355. The standard InChI is InChI=1S/C48H82O8Si2/c1-33(27-34(2)43(55-57(15,16)47(7,8)9)36(4)29-51-31-39-19-23-41(49-13)24-20-39)28-35(3)45(56-58(17,18)48(10,11)12)38(6)44-37(5)30-52-46(54-44)53-32-40-21-25-42(50-14)26-22-40/h19-27,34-38,43-46H,28-32H2,1-18H3/b33-27-/t34-,35-,36-,37-,38+,43+,44-,45+,46+/m0/s1. The van der Waals surface area contributed by atoms with Crippen molar-refractivity contribution < 1.29 is 37.3 Å². The van der Waals surface area contributed by atoms with Crippen molar-refractivity contribution in [2.45, 2.75) is 164 Å². The van der Waals surface area contributed by atoms with Crippen LogP contribution in [-0.2, 0) is 41.0 Å². The van der Waals surface area contributed by atoms with E-state index in [1.807, 2.05) is 36.4 Å². The van der Waals surface area contributed by atoms with Crippen LogP contribution < -0.4 is 9.47 Å². The van der Waals surface area contributed by atoms with Crippen LogP contribution in [0.4, 0.5) is 0 Å². The number of benzene rings is 2. The van der Waals surface area contributed by atoms with Gasteiger partial charge in [0.1, 0.15) is 11.5 Å². The fourth-order valence-electron chi connectivity index (χ4n) is 7.36. The number of ether oxygens (including phenoxy) is 6. The van der Waals surface area contributed by atoms with Crippen molar-refractivity contribution in [1.29, 1.82) is 0 Å². The Bertz CT molecular complexity index is 1530. The van der Waals surface area contributed by atoms with Gasteiger partial charge in [0.15, 0.2) is 16.6 Å². The van der Waals surface area contributed by atoms with Gasteiger partial charge in [0, 0.05) is 17.8 Å². The number of hydrogen-bond acceptors (Lipinski definition) is 8. The van der Waals surface area contributed by atoms with Crippen LogP contribution in [-0.4, -0.2) is 68.9 Å². The monoisotopic (exact) mass is 843 g/mol. The van der Waals surface area contributed by atoms with E-state index in [0.717, 1.165) is 29.0 Å². The van der Waals surface area contributed by atoms with E-state index in [2.05, 4.69) is 127 Å². The highest BCUT2D eigenvalue weighted by molar-refractivity contribution is 6.74. The summed E-state index contributed by atoms with van der Waals surface area (Å²) in [5.41, 5.74) is 3.52. The van der Waals surface area contributed by atoms with Crippen LogP contribution in [0.1, 0.15) is 101 Å². The number of rotatable bonds is 21. The lowest BCUT2D eigenvalue weighted by atomic mass is 9.81. The Labute approximate surface area is 356 Å². The minimum Gasteiger partial charge on any atom is -0.497 e. The second-order valence-electron chi connectivity index (χ2n) is 20.3. The Morgan fingerprint density at radius 1 is 0.741 bits per heavy atom. The molecule has 0 radical (unpaired) electrons. The average Bonchev–Trinajstić information content (AvgIpc) is 3.14. The Morgan fingerprint density at radius 3 is 1.71 bits per heavy atom. The third-order valence-corrected chi connectivity index (χ3v) is 22.0. The minimum absolute atomic E-state index is 0.0168. The molecule has 0 spiro atoms. The Kier molecular flexibility index (Phi) is 18.8. The van der Waals surface area contributed by atoms with Crippen LogP contribution in [0, 0.1) is 29.6 Å². The maximum atomic E-state index is 7.40. The minimum atomic E-state index is -2.15. The van der Waals surface area contributed by atoms with Crippen molar-refractivity contribution in [2.24, 2.45) is 29.6 Å². The lowest BCUT2D eigenvalue weighted by Crippen LogP contribution is -2.52. The first kappa shape index (κ1) is 50.3. The normalized spacial score (nSPS) is 21.8. The molecule has 9 atom stereocenters. The van der Waals surface area contributed by atoms with E-state index in [-0.39, 0.29) is 58.0 Å². The van der Waals surface area contributed by atoms with Crippen molar-refractivity contribution in [3.63, 3.8) is 0 Å². The molecule has 2 aromatic rings. The fraction of sp³-hybridized carbons (Fsp3) is 0.708. The topological polar surface area (TPSA) is 73.8 Å². The summed E-state index contributed by atoms with van der Waals surface area (Å²) in [6, 6.07) is 16.0. The Hall–Kier alpha value is -2.03. The van der Waals surface area contributed by atoms with Gasteiger partial charge in [-0.1, -0.05) is 112 Å². The van der Waals surface area contributed by atoms with E-state index in [9.17, 15) is 0 Å². The van der Waals surface area contributed by atoms with Crippen molar-refractivity contribution in [1.82, 2.24) is 0 Å². The van der Waals surface area contributed by atoms with Crippen LogP contribution >= 0.6 is 0 Å². The smallest absolute Gasteiger partial charge is 0.272 e. The Balaban J connectivity index is 1.81. The summed E-state index contributed by atoms with van der Waals surface area (Å²) in [7, 11) is -0.870. The summed E-state index contributed by atoms with van der Waals surface area (Å²) in [4.78, 5) is 0. The van der Waals surface area contributed by atoms with E-state index >= 15 is 0 Å². The quantitative estimate of drug-likeness (QED) is 0.0909. The molecule has 2 aromatic carbocycles. The summed E-state index contributed by atoms with van der Waals surface area (Å²) in [6.45, 7) is 38.5. The van der Waals surface area contributed by atoms with Crippen molar-refractivity contribution in [3.8, 4) is 11.5 Å². The van der Waals surface area contributed by atoms with E-state index < -0.39 is 23.1 Å². The predicted molar refractivity (Wildman–Crippen MR) is 243 cm³/mol. The number of hydrogen-bond donors (Lipinski definition) is 0. The summed E-state index contributed by atoms with van der Waals surface area (Å²) < 4.78 is 50.5. The molecule has 1 saturated heterocycles. The molecule has 0 aromatic heterocycles. The first-order chi connectivity index (χ1) is 26.9. The molecule has 0 amide bonds. The zero-order valence-electron chi connectivity index (χ0n) is 39.7. The molecule has 1 heterocycles. The maximum Gasteiger partial charge on any atom is 0.272 e. The molecule has 1 aliphatic rings. The van der Waals surface area contributed by atoms with Crippen LogP contribution in [0.15, 0.2) is 60.2 Å². The van der Waals surface area contributed by atoms with Crippen LogP contribution in [0.5, 0.6) is 11.5 Å². The molecule has 0 N–H and O–H groups in total. The highest BCUT2D eigenvalue weighted by atomic mass is 28.4. The predicted octanol–water partition coefficient (Wildman–Crippen LogP) is 12.4. The van der Waals surface area contributed by atoms with E-state index in [1.165, 1.54) is 5.57 Å². The molecule has 0 aliphatic carbocycles. The maximum absolute atomic E-state index is 7.40. The molecular weight excluding hydrogens is 761 g/mol. The number of allylic oxidation sites excluding steroid dienone is 1. The molecular formula is C48H82O8Si2. The molecule has 8 nitrogen and oxygen atoms in total. The molecule has 1 fully saturated rings. The third-order valence-electron chi connectivity index (χ3n) is 13.0. The lowest BCUT2D eigenvalue weighted by Gasteiger charge is -2.46. The molecule has 10 heteroatoms. The largest absolute Gasteiger partial charge is 0.497 e. The molecule has 0 bridgehead atoms.